The zero-order chi connectivity index (χ0) is 13.1. The molecule has 1 aromatic carbocycles. The molecule has 2 rings (SSSR count). The number of halogens is 1. The van der Waals surface area contributed by atoms with Crippen molar-refractivity contribution in [2.24, 2.45) is 0 Å². The molecule has 1 unspecified atom stereocenters. The molecule has 0 aliphatic carbocycles. The highest BCUT2D eigenvalue weighted by atomic mass is 79.9. The number of nitrogens with two attached hydrogens (primary N) is 1. The van der Waals surface area contributed by atoms with Crippen molar-refractivity contribution in [3.8, 4) is 0 Å². The Morgan fingerprint density at radius 2 is 2.11 bits per heavy atom. The minimum atomic E-state index is 0.0455. The van der Waals surface area contributed by atoms with Crippen LogP contribution in [0.1, 0.15) is 31.2 Å². The van der Waals surface area contributed by atoms with E-state index in [-0.39, 0.29) is 6.04 Å². The average molecular weight is 311 g/mol. The number of anilines is 1. The molecule has 4 heteroatoms. The number of carbonyl (C=O) groups excluding carboxylic acids is 1. The lowest BCUT2D eigenvalue weighted by atomic mass is 9.89. The molecule has 1 fully saturated rings. The Bertz CT molecular complexity index is 428. The van der Waals surface area contributed by atoms with Crippen molar-refractivity contribution in [2.75, 3.05) is 18.8 Å². The van der Waals surface area contributed by atoms with E-state index in [0.29, 0.717) is 5.92 Å². The molecule has 0 saturated carbocycles. The number of piperidine rings is 1. The second kappa shape index (κ2) is 5.85. The molecule has 18 heavy (non-hydrogen) atoms. The van der Waals surface area contributed by atoms with Crippen molar-refractivity contribution in [3.63, 3.8) is 0 Å². The van der Waals surface area contributed by atoms with Crippen LogP contribution in [0.3, 0.4) is 0 Å². The lowest BCUT2D eigenvalue weighted by molar-refractivity contribution is -0.112. The molecule has 0 radical (unpaired) electrons. The fourth-order valence-electron chi connectivity index (χ4n) is 2.52. The second-order valence-electron chi connectivity index (χ2n) is 4.97. The predicted molar refractivity (Wildman–Crippen MR) is 77.6 cm³/mol. The van der Waals surface area contributed by atoms with Crippen LogP contribution >= 0.6 is 15.9 Å². The quantitative estimate of drug-likeness (QED) is 0.690. The number of rotatable bonds is 3. The maximum Gasteiger partial charge on any atom is 0.136 e. The topological polar surface area (TPSA) is 46.3 Å². The number of likely N-dealkylation sites (tertiary alicyclic amines) is 1. The van der Waals surface area contributed by atoms with Crippen LogP contribution in [0.5, 0.6) is 0 Å². The Balaban J connectivity index is 2.01. The molecule has 0 spiro atoms. The third-order valence-electron chi connectivity index (χ3n) is 3.80. The summed E-state index contributed by atoms with van der Waals surface area (Å²) in [6.45, 7) is 3.95. The van der Waals surface area contributed by atoms with Gasteiger partial charge in [-0.1, -0.05) is 6.07 Å². The average Bonchev–Trinajstić information content (AvgIpc) is 2.41. The van der Waals surface area contributed by atoms with Crippen LogP contribution < -0.4 is 5.73 Å². The van der Waals surface area contributed by atoms with E-state index in [1.165, 1.54) is 5.56 Å². The van der Waals surface area contributed by atoms with E-state index >= 15 is 0 Å². The summed E-state index contributed by atoms with van der Waals surface area (Å²) in [5.41, 5.74) is 7.93. The maximum atomic E-state index is 10.8. The molecule has 98 valence electrons. The molecule has 3 nitrogen and oxygen atoms in total. The molecular weight excluding hydrogens is 292 g/mol. The van der Waals surface area contributed by atoms with Gasteiger partial charge in [0.1, 0.15) is 6.29 Å². The van der Waals surface area contributed by atoms with Gasteiger partial charge in [0, 0.05) is 10.2 Å². The third kappa shape index (κ3) is 2.93. The first-order valence-electron chi connectivity index (χ1n) is 6.36. The summed E-state index contributed by atoms with van der Waals surface area (Å²) >= 11 is 3.48. The first-order valence-corrected chi connectivity index (χ1v) is 7.15. The summed E-state index contributed by atoms with van der Waals surface area (Å²) in [4.78, 5) is 13.0. The van der Waals surface area contributed by atoms with E-state index in [4.69, 9.17) is 5.73 Å². The van der Waals surface area contributed by atoms with Gasteiger partial charge in [-0.3, -0.25) is 4.90 Å². The van der Waals surface area contributed by atoms with Gasteiger partial charge in [0.05, 0.1) is 6.04 Å². The highest BCUT2D eigenvalue weighted by Crippen LogP contribution is 2.31. The number of nitrogen functional groups attached to an aromatic ring is 1. The molecule has 1 heterocycles. The summed E-state index contributed by atoms with van der Waals surface area (Å²) < 4.78 is 0.976. The van der Waals surface area contributed by atoms with Crippen molar-refractivity contribution in [1.29, 1.82) is 0 Å². The fourth-order valence-corrected chi connectivity index (χ4v) is 2.92. The highest BCUT2D eigenvalue weighted by molar-refractivity contribution is 9.10. The van der Waals surface area contributed by atoms with Crippen molar-refractivity contribution in [1.82, 2.24) is 4.90 Å². The normalized spacial score (nSPS) is 19.7. The first-order chi connectivity index (χ1) is 8.61. The maximum absolute atomic E-state index is 10.8. The third-order valence-corrected chi connectivity index (χ3v) is 4.49. The van der Waals surface area contributed by atoms with E-state index in [0.717, 1.165) is 42.4 Å². The van der Waals surface area contributed by atoms with Crippen LogP contribution in [0.4, 0.5) is 5.69 Å². The summed E-state index contributed by atoms with van der Waals surface area (Å²) in [6.07, 6.45) is 3.24. The van der Waals surface area contributed by atoms with Gasteiger partial charge in [-0.05, 0) is 72.4 Å². The Kier molecular flexibility index (Phi) is 4.40. The van der Waals surface area contributed by atoms with Gasteiger partial charge in [0.15, 0.2) is 0 Å². The molecule has 0 bridgehead atoms. The van der Waals surface area contributed by atoms with Gasteiger partial charge in [-0.25, -0.2) is 0 Å². The van der Waals surface area contributed by atoms with Gasteiger partial charge in [-0.2, -0.15) is 0 Å². The number of aldehydes is 1. The highest BCUT2D eigenvalue weighted by Gasteiger charge is 2.23. The van der Waals surface area contributed by atoms with E-state index in [1.54, 1.807) is 0 Å². The van der Waals surface area contributed by atoms with E-state index in [1.807, 2.05) is 13.0 Å². The van der Waals surface area contributed by atoms with Crippen molar-refractivity contribution in [2.45, 2.75) is 31.7 Å². The molecule has 2 N–H and O–H groups in total. The standard InChI is InChI=1S/C14H19BrN2O/c1-10(9-18)17-6-4-11(5-7-17)12-2-3-14(16)13(15)8-12/h2-3,8-11H,4-7,16H2,1H3. The second-order valence-corrected chi connectivity index (χ2v) is 5.82. The van der Waals surface area contributed by atoms with Crippen LogP contribution in [0, 0.1) is 0 Å². The minimum absolute atomic E-state index is 0.0455. The Morgan fingerprint density at radius 1 is 1.44 bits per heavy atom. The van der Waals surface area contributed by atoms with Crippen molar-refractivity contribution < 1.29 is 4.79 Å². The van der Waals surface area contributed by atoms with Crippen LogP contribution in [0.2, 0.25) is 0 Å². The largest absolute Gasteiger partial charge is 0.398 e. The van der Waals surface area contributed by atoms with Crippen LogP contribution in [-0.4, -0.2) is 30.3 Å². The van der Waals surface area contributed by atoms with E-state index in [9.17, 15) is 4.79 Å². The monoisotopic (exact) mass is 310 g/mol. The first kappa shape index (κ1) is 13.6. The lowest BCUT2D eigenvalue weighted by Gasteiger charge is -2.34. The molecule has 0 aromatic heterocycles. The molecule has 1 aromatic rings. The predicted octanol–water partition coefficient (Wildman–Crippen LogP) is 2.80. The summed E-state index contributed by atoms with van der Waals surface area (Å²) in [5, 5.41) is 0. The summed E-state index contributed by atoms with van der Waals surface area (Å²) in [7, 11) is 0. The zero-order valence-electron chi connectivity index (χ0n) is 10.6. The molecule has 1 aliphatic heterocycles. The number of benzene rings is 1. The Hall–Kier alpha value is -0.870. The van der Waals surface area contributed by atoms with Gasteiger partial charge in [0.2, 0.25) is 0 Å². The molecule has 1 saturated heterocycles. The van der Waals surface area contributed by atoms with Gasteiger partial charge < -0.3 is 10.5 Å². The number of carbonyl (C=O) groups is 1. The molecular formula is C14H19BrN2O. The molecule has 0 amide bonds. The lowest BCUT2D eigenvalue weighted by Crippen LogP contribution is -2.40. The van der Waals surface area contributed by atoms with Gasteiger partial charge in [0.25, 0.3) is 0 Å². The minimum Gasteiger partial charge on any atom is -0.398 e. The van der Waals surface area contributed by atoms with E-state index in [2.05, 4.69) is 33.0 Å². The molecule has 1 aliphatic rings. The SMILES string of the molecule is CC(C=O)N1CCC(c2ccc(N)c(Br)c2)CC1. The van der Waals surface area contributed by atoms with Crippen molar-refractivity contribution in [3.05, 3.63) is 28.2 Å². The van der Waals surface area contributed by atoms with Gasteiger partial charge in [-0.15, -0.1) is 0 Å². The Morgan fingerprint density at radius 3 is 2.67 bits per heavy atom. The number of nitrogens with zero attached hydrogens (tertiary/aromatic N) is 1. The number of hydrogen-bond acceptors (Lipinski definition) is 3. The molecule has 1 atom stereocenters. The smallest absolute Gasteiger partial charge is 0.136 e. The van der Waals surface area contributed by atoms with Crippen LogP contribution in [-0.2, 0) is 4.79 Å². The zero-order valence-corrected chi connectivity index (χ0v) is 12.2. The Labute approximate surface area is 116 Å². The van der Waals surface area contributed by atoms with Crippen molar-refractivity contribution >= 4 is 27.9 Å². The fraction of sp³-hybridized carbons (Fsp3) is 0.500. The number of hydrogen-bond donors (Lipinski definition) is 1. The van der Waals surface area contributed by atoms with Gasteiger partial charge >= 0.3 is 0 Å². The van der Waals surface area contributed by atoms with E-state index < -0.39 is 0 Å². The summed E-state index contributed by atoms with van der Waals surface area (Å²) in [6, 6.07) is 6.24. The summed E-state index contributed by atoms with van der Waals surface area (Å²) in [5.74, 6) is 0.581. The van der Waals surface area contributed by atoms with Crippen LogP contribution in [0.15, 0.2) is 22.7 Å². The van der Waals surface area contributed by atoms with Crippen LogP contribution in [0.25, 0.3) is 0 Å².